The molecule has 3 nitrogen and oxygen atoms in total. The van der Waals surface area contributed by atoms with Crippen molar-refractivity contribution in [3.63, 3.8) is 0 Å². The number of likely N-dealkylation sites (tertiary alicyclic amines) is 1. The summed E-state index contributed by atoms with van der Waals surface area (Å²) in [5.74, 6) is 0. The van der Waals surface area contributed by atoms with Crippen molar-refractivity contribution in [2.75, 3.05) is 40.3 Å². The van der Waals surface area contributed by atoms with Gasteiger partial charge in [-0.1, -0.05) is 0 Å². The predicted molar refractivity (Wildman–Crippen MR) is 45.8 cm³/mol. The van der Waals surface area contributed by atoms with E-state index in [-0.39, 0.29) is 0 Å². The second-order valence-electron chi connectivity index (χ2n) is 3.05. The van der Waals surface area contributed by atoms with E-state index in [1.54, 1.807) is 7.11 Å². The first kappa shape index (κ1) is 8.97. The quantitative estimate of drug-likeness (QED) is 0.619. The van der Waals surface area contributed by atoms with Crippen LogP contribution in [-0.4, -0.2) is 51.3 Å². The summed E-state index contributed by atoms with van der Waals surface area (Å²) in [5.41, 5.74) is 0. The molecule has 1 unspecified atom stereocenters. The van der Waals surface area contributed by atoms with Crippen molar-refractivity contribution in [3.05, 3.63) is 0 Å². The van der Waals surface area contributed by atoms with E-state index >= 15 is 0 Å². The van der Waals surface area contributed by atoms with E-state index in [1.807, 2.05) is 7.05 Å². The molecule has 0 saturated carbocycles. The van der Waals surface area contributed by atoms with Crippen LogP contribution in [0.2, 0.25) is 0 Å². The minimum atomic E-state index is 0.479. The van der Waals surface area contributed by atoms with Gasteiger partial charge in [-0.3, -0.25) is 4.90 Å². The third-order valence-electron chi connectivity index (χ3n) is 2.24. The van der Waals surface area contributed by atoms with Gasteiger partial charge >= 0.3 is 0 Å². The molecule has 11 heavy (non-hydrogen) atoms. The summed E-state index contributed by atoms with van der Waals surface area (Å²) in [4.78, 5) is 2.44. The molecule has 1 rings (SSSR count). The molecule has 1 fully saturated rings. The highest BCUT2D eigenvalue weighted by Crippen LogP contribution is 2.10. The van der Waals surface area contributed by atoms with E-state index in [0.717, 1.165) is 19.6 Å². The van der Waals surface area contributed by atoms with Gasteiger partial charge in [0.05, 0.1) is 6.10 Å². The number of ether oxygens (including phenoxy) is 1. The van der Waals surface area contributed by atoms with Crippen molar-refractivity contribution in [3.8, 4) is 0 Å². The SMILES string of the molecule is CNCCN1CCC(OC)C1. The molecule has 0 spiro atoms. The highest BCUT2D eigenvalue weighted by atomic mass is 16.5. The van der Waals surface area contributed by atoms with Gasteiger partial charge in [-0.05, 0) is 13.5 Å². The van der Waals surface area contributed by atoms with Gasteiger partial charge in [0.1, 0.15) is 0 Å². The van der Waals surface area contributed by atoms with Crippen molar-refractivity contribution in [2.24, 2.45) is 0 Å². The van der Waals surface area contributed by atoms with Crippen LogP contribution in [0.4, 0.5) is 0 Å². The normalized spacial score (nSPS) is 26.2. The molecule has 0 aromatic heterocycles. The van der Waals surface area contributed by atoms with Gasteiger partial charge in [0.2, 0.25) is 0 Å². The number of rotatable bonds is 4. The molecule has 1 atom stereocenters. The Morgan fingerprint density at radius 2 is 2.45 bits per heavy atom. The average Bonchev–Trinajstić information content (AvgIpc) is 2.48. The Morgan fingerprint density at radius 3 is 3.00 bits per heavy atom. The van der Waals surface area contributed by atoms with Crippen molar-refractivity contribution in [1.29, 1.82) is 0 Å². The van der Waals surface area contributed by atoms with Gasteiger partial charge in [0, 0.05) is 33.3 Å². The Hall–Kier alpha value is -0.120. The maximum atomic E-state index is 5.26. The lowest BCUT2D eigenvalue weighted by atomic mass is 10.3. The summed E-state index contributed by atoms with van der Waals surface area (Å²) in [6.07, 6.45) is 1.67. The van der Waals surface area contributed by atoms with Crippen LogP contribution >= 0.6 is 0 Å². The number of hydrogen-bond acceptors (Lipinski definition) is 3. The van der Waals surface area contributed by atoms with Crippen molar-refractivity contribution in [2.45, 2.75) is 12.5 Å². The second-order valence-corrected chi connectivity index (χ2v) is 3.05. The summed E-state index contributed by atoms with van der Waals surface area (Å²) in [5, 5.41) is 3.14. The van der Waals surface area contributed by atoms with E-state index < -0.39 is 0 Å². The van der Waals surface area contributed by atoms with Crippen LogP contribution < -0.4 is 5.32 Å². The molecule has 1 aliphatic rings. The maximum absolute atomic E-state index is 5.26. The molecule has 0 aromatic rings. The lowest BCUT2D eigenvalue weighted by Crippen LogP contribution is -2.29. The van der Waals surface area contributed by atoms with E-state index in [9.17, 15) is 0 Å². The van der Waals surface area contributed by atoms with Crippen LogP contribution in [0.3, 0.4) is 0 Å². The van der Waals surface area contributed by atoms with Crippen LogP contribution in [0.25, 0.3) is 0 Å². The maximum Gasteiger partial charge on any atom is 0.0710 e. The van der Waals surface area contributed by atoms with Gasteiger partial charge in [0.25, 0.3) is 0 Å². The Labute approximate surface area is 68.7 Å². The Bertz CT molecular complexity index is 108. The summed E-state index contributed by atoms with van der Waals surface area (Å²) < 4.78 is 5.26. The highest BCUT2D eigenvalue weighted by molar-refractivity contribution is 4.75. The zero-order chi connectivity index (χ0) is 8.10. The Balaban J connectivity index is 2.09. The fourth-order valence-electron chi connectivity index (χ4n) is 1.46. The first-order valence-electron chi connectivity index (χ1n) is 4.26. The van der Waals surface area contributed by atoms with E-state index in [1.165, 1.54) is 13.0 Å². The topological polar surface area (TPSA) is 24.5 Å². The summed E-state index contributed by atoms with van der Waals surface area (Å²) in [6.45, 7) is 4.53. The van der Waals surface area contributed by atoms with Gasteiger partial charge < -0.3 is 10.1 Å². The molecule has 1 aliphatic heterocycles. The molecular weight excluding hydrogens is 140 g/mol. The number of methoxy groups -OCH3 is 1. The standard InChI is InChI=1S/C8H18N2O/c1-9-4-6-10-5-3-8(7-10)11-2/h8-9H,3-7H2,1-2H3. The largest absolute Gasteiger partial charge is 0.380 e. The highest BCUT2D eigenvalue weighted by Gasteiger charge is 2.20. The molecule has 0 bridgehead atoms. The molecule has 0 aromatic carbocycles. The first-order chi connectivity index (χ1) is 5.36. The van der Waals surface area contributed by atoms with Crippen LogP contribution in [-0.2, 0) is 4.74 Å². The number of likely N-dealkylation sites (N-methyl/N-ethyl adjacent to an activating group) is 1. The first-order valence-corrected chi connectivity index (χ1v) is 4.26. The smallest absolute Gasteiger partial charge is 0.0710 e. The Kier molecular flexibility index (Phi) is 3.83. The molecule has 0 radical (unpaired) electrons. The molecule has 1 saturated heterocycles. The molecule has 3 heteroatoms. The zero-order valence-corrected chi connectivity index (χ0v) is 7.47. The summed E-state index contributed by atoms with van der Waals surface area (Å²) >= 11 is 0. The fourth-order valence-corrected chi connectivity index (χ4v) is 1.46. The second kappa shape index (κ2) is 4.70. The minimum absolute atomic E-state index is 0.479. The van der Waals surface area contributed by atoms with Crippen molar-refractivity contribution < 1.29 is 4.74 Å². The average molecular weight is 158 g/mol. The summed E-state index contributed by atoms with van der Waals surface area (Å²) in [6, 6.07) is 0. The van der Waals surface area contributed by atoms with Crippen molar-refractivity contribution >= 4 is 0 Å². The molecule has 0 aliphatic carbocycles. The third kappa shape index (κ3) is 2.77. The number of nitrogens with zero attached hydrogens (tertiary/aromatic N) is 1. The van der Waals surface area contributed by atoms with Crippen LogP contribution in [0.5, 0.6) is 0 Å². The molecular formula is C8H18N2O. The van der Waals surface area contributed by atoms with Gasteiger partial charge in [0.15, 0.2) is 0 Å². The predicted octanol–water partition coefficient (Wildman–Crippen LogP) is -0.0735. The molecule has 0 amide bonds. The molecule has 1 heterocycles. The van der Waals surface area contributed by atoms with Gasteiger partial charge in [-0.25, -0.2) is 0 Å². The molecule has 66 valence electrons. The lowest BCUT2D eigenvalue weighted by Gasteiger charge is -2.14. The van der Waals surface area contributed by atoms with Gasteiger partial charge in [-0.15, -0.1) is 0 Å². The fraction of sp³-hybridized carbons (Fsp3) is 1.00. The number of hydrogen-bond donors (Lipinski definition) is 1. The van der Waals surface area contributed by atoms with Crippen molar-refractivity contribution in [1.82, 2.24) is 10.2 Å². The van der Waals surface area contributed by atoms with E-state index in [0.29, 0.717) is 6.10 Å². The van der Waals surface area contributed by atoms with Crippen LogP contribution in [0, 0.1) is 0 Å². The third-order valence-corrected chi connectivity index (χ3v) is 2.24. The van der Waals surface area contributed by atoms with E-state index in [4.69, 9.17) is 4.74 Å². The minimum Gasteiger partial charge on any atom is -0.380 e. The van der Waals surface area contributed by atoms with E-state index in [2.05, 4.69) is 10.2 Å². The lowest BCUT2D eigenvalue weighted by molar-refractivity contribution is 0.108. The molecule has 1 N–H and O–H groups in total. The zero-order valence-electron chi connectivity index (χ0n) is 7.47. The van der Waals surface area contributed by atoms with Crippen LogP contribution in [0.15, 0.2) is 0 Å². The Morgan fingerprint density at radius 1 is 1.64 bits per heavy atom. The number of nitrogens with one attached hydrogen (secondary N) is 1. The monoisotopic (exact) mass is 158 g/mol. The van der Waals surface area contributed by atoms with Gasteiger partial charge in [-0.2, -0.15) is 0 Å². The van der Waals surface area contributed by atoms with Crippen LogP contribution in [0.1, 0.15) is 6.42 Å². The summed E-state index contributed by atoms with van der Waals surface area (Å²) in [7, 11) is 3.79.